The zero-order valence-electron chi connectivity index (χ0n) is 13.2. The number of aryl methyl sites for hydroxylation is 1. The van der Waals surface area contributed by atoms with E-state index >= 15 is 0 Å². The molecule has 1 atom stereocenters. The summed E-state index contributed by atoms with van der Waals surface area (Å²) < 4.78 is 7.09. The summed E-state index contributed by atoms with van der Waals surface area (Å²) in [6, 6.07) is 7.37. The van der Waals surface area contributed by atoms with Crippen LogP contribution in [0.2, 0.25) is 0 Å². The van der Waals surface area contributed by atoms with Gasteiger partial charge in [0.25, 0.3) is 0 Å². The van der Waals surface area contributed by atoms with E-state index in [1.165, 1.54) is 0 Å². The Balaban J connectivity index is 2.11. The lowest BCUT2D eigenvalue weighted by Gasteiger charge is -2.12. The quantitative estimate of drug-likeness (QED) is 0.859. The minimum Gasteiger partial charge on any atom is -0.496 e. The molecule has 0 fully saturated rings. The van der Waals surface area contributed by atoms with E-state index in [0.29, 0.717) is 5.82 Å². The molecular weight excluding hydrogens is 280 g/mol. The van der Waals surface area contributed by atoms with Crippen LogP contribution in [0.3, 0.4) is 0 Å². The zero-order valence-corrected chi connectivity index (χ0v) is 13.2. The van der Waals surface area contributed by atoms with Crippen molar-refractivity contribution in [1.29, 1.82) is 0 Å². The Labute approximate surface area is 129 Å². The molecule has 0 aliphatic carbocycles. The van der Waals surface area contributed by atoms with Crippen molar-refractivity contribution >= 4 is 11.5 Å². The first-order valence-corrected chi connectivity index (χ1v) is 6.99. The van der Waals surface area contributed by atoms with Gasteiger partial charge in [-0.15, -0.1) is 10.2 Å². The Morgan fingerprint density at radius 3 is 2.77 bits per heavy atom. The molecule has 0 spiro atoms. The molecule has 1 aromatic heterocycles. The monoisotopic (exact) mass is 300 g/mol. The molecule has 0 aliphatic heterocycles. The number of ether oxygens (including phenoxy) is 1. The van der Waals surface area contributed by atoms with E-state index in [0.717, 1.165) is 16.9 Å². The summed E-state index contributed by atoms with van der Waals surface area (Å²) in [6.07, 6.45) is 3.17. The predicted octanol–water partition coefficient (Wildman–Crippen LogP) is 2.10. The Hall–Kier alpha value is -2.63. The molecule has 0 saturated carbocycles. The summed E-state index contributed by atoms with van der Waals surface area (Å²) in [5.41, 5.74) is 1.73. The van der Waals surface area contributed by atoms with Crippen LogP contribution in [-0.2, 0) is 11.8 Å². The highest BCUT2D eigenvalue weighted by Crippen LogP contribution is 2.25. The Morgan fingerprint density at radius 2 is 2.14 bits per heavy atom. The van der Waals surface area contributed by atoms with E-state index in [4.69, 9.17) is 4.74 Å². The minimum absolute atomic E-state index is 0.182. The highest BCUT2D eigenvalue weighted by molar-refractivity contribution is 5.95. The number of carbonyl (C=O) groups excluding carboxylic acids is 1. The third kappa shape index (κ3) is 3.52. The number of methoxy groups -OCH3 is 1. The van der Waals surface area contributed by atoms with Gasteiger partial charge < -0.3 is 14.6 Å². The maximum Gasteiger partial charge on any atom is 0.244 e. The van der Waals surface area contributed by atoms with Crippen molar-refractivity contribution in [2.75, 3.05) is 7.11 Å². The number of nitrogens with zero attached hydrogens (tertiary/aromatic N) is 3. The molecule has 6 nitrogen and oxygen atoms in total. The summed E-state index contributed by atoms with van der Waals surface area (Å²) in [5, 5.41) is 10.7. The largest absolute Gasteiger partial charge is 0.496 e. The molecule has 0 bridgehead atoms. The third-order valence-corrected chi connectivity index (χ3v) is 3.37. The van der Waals surface area contributed by atoms with Crippen LogP contribution in [-0.4, -0.2) is 27.8 Å². The third-order valence-electron chi connectivity index (χ3n) is 3.37. The summed E-state index contributed by atoms with van der Waals surface area (Å²) in [6.45, 7) is 3.75. The van der Waals surface area contributed by atoms with E-state index < -0.39 is 0 Å². The first-order chi connectivity index (χ1) is 10.5. The maximum atomic E-state index is 12.2. The van der Waals surface area contributed by atoms with Crippen LogP contribution in [0.25, 0.3) is 5.57 Å². The van der Waals surface area contributed by atoms with Gasteiger partial charge in [0, 0.05) is 18.7 Å². The summed E-state index contributed by atoms with van der Waals surface area (Å²) in [4.78, 5) is 12.2. The SMILES string of the molecule is COc1ccccc1/C(C)=C/C(=O)N[C@H](C)c1nncn1C. The lowest BCUT2D eigenvalue weighted by molar-refractivity contribution is -0.117. The molecule has 0 saturated heterocycles. The van der Waals surface area contributed by atoms with Crippen molar-refractivity contribution in [3.05, 3.63) is 48.1 Å². The molecule has 22 heavy (non-hydrogen) atoms. The summed E-state index contributed by atoms with van der Waals surface area (Å²) in [7, 11) is 3.45. The maximum absolute atomic E-state index is 12.2. The number of hydrogen-bond donors (Lipinski definition) is 1. The highest BCUT2D eigenvalue weighted by atomic mass is 16.5. The lowest BCUT2D eigenvalue weighted by atomic mass is 10.1. The Kier molecular flexibility index (Phi) is 4.93. The van der Waals surface area contributed by atoms with Crippen molar-refractivity contribution < 1.29 is 9.53 Å². The number of nitrogens with one attached hydrogen (secondary N) is 1. The molecule has 1 amide bonds. The smallest absolute Gasteiger partial charge is 0.244 e. The van der Waals surface area contributed by atoms with Crippen LogP contribution in [0, 0.1) is 0 Å². The molecule has 0 aliphatic rings. The summed E-state index contributed by atoms with van der Waals surface area (Å²) in [5.74, 6) is 1.26. The summed E-state index contributed by atoms with van der Waals surface area (Å²) >= 11 is 0. The van der Waals surface area contributed by atoms with E-state index in [2.05, 4.69) is 15.5 Å². The molecule has 1 heterocycles. The van der Waals surface area contributed by atoms with Gasteiger partial charge in [0.15, 0.2) is 5.82 Å². The van der Waals surface area contributed by atoms with Crippen molar-refractivity contribution in [2.24, 2.45) is 7.05 Å². The average molecular weight is 300 g/mol. The fraction of sp³-hybridized carbons (Fsp3) is 0.312. The normalized spacial score (nSPS) is 12.8. The molecule has 1 N–H and O–H groups in total. The second-order valence-corrected chi connectivity index (χ2v) is 5.06. The zero-order chi connectivity index (χ0) is 16.1. The van der Waals surface area contributed by atoms with Crippen molar-refractivity contribution in [2.45, 2.75) is 19.9 Å². The van der Waals surface area contributed by atoms with E-state index in [1.807, 2.05) is 45.2 Å². The van der Waals surface area contributed by atoms with Gasteiger partial charge >= 0.3 is 0 Å². The second kappa shape index (κ2) is 6.89. The van der Waals surface area contributed by atoms with Gasteiger partial charge in [-0.25, -0.2) is 0 Å². The van der Waals surface area contributed by atoms with Gasteiger partial charge in [0.2, 0.25) is 5.91 Å². The van der Waals surface area contributed by atoms with Gasteiger partial charge in [-0.3, -0.25) is 4.79 Å². The molecule has 0 radical (unpaired) electrons. The topological polar surface area (TPSA) is 69.0 Å². The van der Waals surface area contributed by atoms with E-state index in [-0.39, 0.29) is 11.9 Å². The predicted molar refractivity (Wildman–Crippen MR) is 84.2 cm³/mol. The number of rotatable bonds is 5. The molecule has 2 aromatic rings. The number of carbonyl (C=O) groups is 1. The van der Waals surface area contributed by atoms with Gasteiger partial charge in [0.1, 0.15) is 12.1 Å². The van der Waals surface area contributed by atoms with Crippen LogP contribution >= 0.6 is 0 Å². The van der Waals surface area contributed by atoms with E-state index in [1.54, 1.807) is 24.1 Å². The van der Waals surface area contributed by atoms with Crippen LogP contribution < -0.4 is 10.1 Å². The number of benzene rings is 1. The number of amides is 1. The Bertz CT molecular complexity index is 691. The first-order valence-electron chi connectivity index (χ1n) is 6.99. The molecule has 1 aromatic carbocycles. The van der Waals surface area contributed by atoms with Crippen molar-refractivity contribution in [1.82, 2.24) is 20.1 Å². The van der Waals surface area contributed by atoms with Gasteiger partial charge in [0.05, 0.1) is 13.2 Å². The van der Waals surface area contributed by atoms with Crippen molar-refractivity contribution in [3.8, 4) is 5.75 Å². The highest BCUT2D eigenvalue weighted by Gasteiger charge is 2.13. The molecule has 0 unspecified atom stereocenters. The lowest BCUT2D eigenvalue weighted by Crippen LogP contribution is -2.27. The number of aromatic nitrogens is 3. The van der Waals surface area contributed by atoms with Gasteiger partial charge in [-0.2, -0.15) is 0 Å². The van der Waals surface area contributed by atoms with E-state index in [9.17, 15) is 4.79 Å². The fourth-order valence-corrected chi connectivity index (χ4v) is 2.25. The average Bonchev–Trinajstić information content (AvgIpc) is 2.93. The number of para-hydroxylation sites is 1. The van der Waals surface area contributed by atoms with Crippen LogP contribution in [0.5, 0.6) is 5.75 Å². The van der Waals surface area contributed by atoms with Crippen LogP contribution in [0.1, 0.15) is 31.3 Å². The van der Waals surface area contributed by atoms with Gasteiger partial charge in [-0.1, -0.05) is 18.2 Å². The minimum atomic E-state index is -0.221. The number of hydrogen-bond acceptors (Lipinski definition) is 4. The van der Waals surface area contributed by atoms with Crippen LogP contribution in [0.4, 0.5) is 0 Å². The molecular formula is C16H20N4O2. The number of allylic oxidation sites excluding steroid dienone is 1. The van der Waals surface area contributed by atoms with Crippen molar-refractivity contribution in [3.63, 3.8) is 0 Å². The Morgan fingerprint density at radius 1 is 1.41 bits per heavy atom. The second-order valence-electron chi connectivity index (χ2n) is 5.06. The molecule has 6 heteroatoms. The first kappa shape index (κ1) is 15.8. The standard InChI is InChI=1S/C16H20N4O2/c1-11(13-7-5-6-8-14(13)22-4)9-15(21)18-12(2)16-19-17-10-20(16)3/h5-10,12H,1-4H3,(H,18,21)/b11-9+/t12-/m1/s1. The van der Waals surface area contributed by atoms with Crippen LogP contribution in [0.15, 0.2) is 36.7 Å². The van der Waals surface area contributed by atoms with Gasteiger partial charge in [-0.05, 0) is 25.5 Å². The fourth-order valence-electron chi connectivity index (χ4n) is 2.25. The molecule has 116 valence electrons. The molecule has 2 rings (SSSR count).